The van der Waals surface area contributed by atoms with Crippen LogP contribution in [0.3, 0.4) is 0 Å². The lowest BCUT2D eigenvalue weighted by molar-refractivity contribution is -0.134. The van der Waals surface area contributed by atoms with Crippen LogP contribution in [0.1, 0.15) is 34.1 Å². The van der Waals surface area contributed by atoms with Crippen LogP contribution < -0.4 is 0 Å². The van der Waals surface area contributed by atoms with Crippen LogP contribution in [0, 0.1) is 6.92 Å². The van der Waals surface area contributed by atoms with E-state index in [1.807, 2.05) is 32.9 Å². The highest BCUT2D eigenvalue weighted by atomic mass is 32.1. The van der Waals surface area contributed by atoms with Crippen molar-refractivity contribution in [3.05, 3.63) is 33.8 Å². The Kier molecular flexibility index (Phi) is 4.92. The summed E-state index contributed by atoms with van der Waals surface area (Å²) in [7, 11) is 0. The number of carboxylic acids is 1. The molecule has 118 valence electrons. The maximum absolute atomic E-state index is 12.4. The Morgan fingerprint density at radius 1 is 1.41 bits per heavy atom. The van der Waals surface area contributed by atoms with Crippen LogP contribution in [-0.2, 0) is 17.9 Å². The van der Waals surface area contributed by atoms with Gasteiger partial charge in [-0.05, 0) is 32.9 Å². The first-order valence-electron chi connectivity index (χ1n) is 6.85. The molecule has 1 amide bonds. The molecule has 7 nitrogen and oxygen atoms in total. The Morgan fingerprint density at radius 2 is 2.14 bits per heavy atom. The molecule has 0 aliphatic heterocycles. The average Bonchev–Trinajstić information content (AvgIpc) is 3.04. The minimum atomic E-state index is -1.16. The Hall–Kier alpha value is -2.22. The van der Waals surface area contributed by atoms with Crippen molar-refractivity contribution in [2.24, 2.45) is 0 Å². The first kappa shape index (κ1) is 16.2. The third-order valence-electron chi connectivity index (χ3n) is 3.12. The Labute approximate surface area is 132 Å². The van der Waals surface area contributed by atoms with Crippen LogP contribution in [0.25, 0.3) is 0 Å². The Bertz CT molecular complexity index is 677. The molecule has 2 rings (SSSR count). The molecule has 2 aromatic rings. The van der Waals surface area contributed by atoms with E-state index in [1.165, 1.54) is 15.8 Å². The third-order valence-corrected chi connectivity index (χ3v) is 4.11. The summed E-state index contributed by atoms with van der Waals surface area (Å²) in [5, 5.41) is 16.0. The molecule has 0 unspecified atom stereocenters. The molecule has 0 fully saturated rings. The zero-order valence-electron chi connectivity index (χ0n) is 12.7. The van der Waals surface area contributed by atoms with E-state index in [0.717, 1.165) is 4.88 Å². The molecule has 0 aromatic carbocycles. The molecule has 8 heteroatoms. The summed E-state index contributed by atoms with van der Waals surface area (Å²) in [5.41, 5.74) is -0.169. The fourth-order valence-electron chi connectivity index (χ4n) is 2.00. The second-order valence-electron chi connectivity index (χ2n) is 5.23. The standard InChI is InChI=1S/C14H18N4O3S/c1-9(2)18(6-11-5-4-10(3)22-11)13(19)8-17-7-12(14(20)21)15-16-17/h4-5,7,9H,6,8H2,1-3H3,(H,20,21). The maximum Gasteiger partial charge on any atom is 0.358 e. The lowest BCUT2D eigenvalue weighted by Gasteiger charge is -2.26. The van der Waals surface area contributed by atoms with Gasteiger partial charge in [0.2, 0.25) is 5.91 Å². The highest BCUT2D eigenvalue weighted by Crippen LogP contribution is 2.18. The predicted octanol–water partition coefficient (Wildman–Crippen LogP) is 1.78. The smallest absolute Gasteiger partial charge is 0.358 e. The molecule has 2 heterocycles. The summed E-state index contributed by atoms with van der Waals surface area (Å²) >= 11 is 1.66. The van der Waals surface area contributed by atoms with E-state index in [1.54, 1.807) is 16.2 Å². The molecule has 0 spiro atoms. The van der Waals surface area contributed by atoms with Crippen molar-refractivity contribution in [1.82, 2.24) is 19.9 Å². The van der Waals surface area contributed by atoms with Gasteiger partial charge in [-0.1, -0.05) is 5.21 Å². The van der Waals surface area contributed by atoms with E-state index in [0.29, 0.717) is 6.54 Å². The molecule has 2 aromatic heterocycles. The fourth-order valence-corrected chi connectivity index (χ4v) is 2.89. The van der Waals surface area contributed by atoms with Crippen molar-refractivity contribution in [3.63, 3.8) is 0 Å². The Balaban J connectivity index is 2.07. The number of rotatable bonds is 6. The van der Waals surface area contributed by atoms with Gasteiger partial charge >= 0.3 is 5.97 Å². The molecule has 1 N–H and O–H groups in total. The number of carbonyl (C=O) groups excluding carboxylic acids is 1. The largest absolute Gasteiger partial charge is 0.476 e. The first-order valence-corrected chi connectivity index (χ1v) is 7.66. The van der Waals surface area contributed by atoms with E-state index in [-0.39, 0.29) is 24.2 Å². The summed E-state index contributed by atoms with van der Waals surface area (Å²) in [5.74, 6) is -1.28. The van der Waals surface area contributed by atoms with Gasteiger partial charge < -0.3 is 10.0 Å². The highest BCUT2D eigenvalue weighted by molar-refractivity contribution is 7.11. The lowest BCUT2D eigenvalue weighted by Crippen LogP contribution is -2.38. The zero-order valence-corrected chi connectivity index (χ0v) is 13.5. The number of carbonyl (C=O) groups is 2. The second-order valence-corrected chi connectivity index (χ2v) is 6.61. The number of aromatic carboxylic acids is 1. The molecule has 0 bridgehead atoms. The maximum atomic E-state index is 12.4. The van der Waals surface area contributed by atoms with E-state index >= 15 is 0 Å². The van der Waals surface area contributed by atoms with E-state index in [4.69, 9.17) is 5.11 Å². The number of carboxylic acid groups (broad SMARTS) is 1. The minimum Gasteiger partial charge on any atom is -0.476 e. The molecule has 0 saturated carbocycles. The summed E-state index contributed by atoms with van der Waals surface area (Å²) in [4.78, 5) is 27.3. The van der Waals surface area contributed by atoms with Gasteiger partial charge in [-0.3, -0.25) is 4.79 Å². The molecular formula is C14H18N4O3S. The SMILES string of the molecule is Cc1ccc(CN(C(=O)Cn2cc(C(=O)O)nn2)C(C)C)s1. The summed E-state index contributed by atoms with van der Waals surface area (Å²) < 4.78 is 1.25. The average molecular weight is 322 g/mol. The van der Waals surface area contributed by atoms with Crippen LogP contribution in [0.15, 0.2) is 18.3 Å². The zero-order chi connectivity index (χ0) is 16.3. The predicted molar refractivity (Wildman–Crippen MR) is 81.7 cm³/mol. The normalized spacial score (nSPS) is 10.9. The molecule has 22 heavy (non-hydrogen) atoms. The summed E-state index contributed by atoms with van der Waals surface area (Å²) in [6.45, 7) is 6.43. The van der Waals surface area contributed by atoms with Crippen molar-refractivity contribution < 1.29 is 14.7 Å². The monoisotopic (exact) mass is 322 g/mol. The van der Waals surface area contributed by atoms with Gasteiger partial charge in [0.15, 0.2) is 5.69 Å². The van der Waals surface area contributed by atoms with Crippen molar-refractivity contribution in [3.8, 4) is 0 Å². The Morgan fingerprint density at radius 3 is 2.64 bits per heavy atom. The van der Waals surface area contributed by atoms with Gasteiger partial charge in [0, 0.05) is 15.8 Å². The number of hydrogen-bond donors (Lipinski definition) is 1. The molecule has 0 atom stereocenters. The van der Waals surface area contributed by atoms with Crippen LogP contribution >= 0.6 is 11.3 Å². The van der Waals surface area contributed by atoms with Gasteiger partial charge in [0.05, 0.1) is 12.7 Å². The molecule has 0 aliphatic carbocycles. The van der Waals surface area contributed by atoms with Crippen molar-refractivity contribution in [2.45, 2.75) is 39.9 Å². The van der Waals surface area contributed by atoms with Crippen molar-refractivity contribution in [1.29, 1.82) is 0 Å². The minimum absolute atomic E-state index is 0.0250. The molecule has 0 aliphatic rings. The number of hydrogen-bond acceptors (Lipinski definition) is 5. The topological polar surface area (TPSA) is 88.3 Å². The lowest BCUT2D eigenvalue weighted by atomic mass is 10.3. The van der Waals surface area contributed by atoms with Gasteiger partial charge in [0.1, 0.15) is 6.54 Å². The number of thiophene rings is 1. The van der Waals surface area contributed by atoms with Gasteiger partial charge in [-0.15, -0.1) is 16.4 Å². The molecular weight excluding hydrogens is 304 g/mol. The fraction of sp³-hybridized carbons (Fsp3) is 0.429. The second kappa shape index (κ2) is 6.69. The summed E-state index contributed by atoms with van der Waals surface area (Å²) in [6.07, 6.45) is 1.26. The molecule has 0 saturated heterocycles. The van der Waals surface area contributed by atoms with Crippen LogP contribution in [-0.4, -0.2) is 42.9 Å². The highest BCUT2D eigenvalue weighted by Gasteiger charge is 2.19. The number of nitrogens with zero attached hydrogens (tertiary/aromatic N) is 4. The van der Waals surface area contributed by atoms with E-state index in [9.17, 15) is 9.59 Å². The number of aromatic nitrogens is 3. The van der Waals surface area contributed by atoms with Gasteiger partial charge in [0.25, 0.3) is 0 Å². The van der Waals surface area contributed by atoms with E-state index < -0.39 is 5.97 Å². The van der Waals surface area contributed by atoms with Crippen LogP contribution in [0.5, 0.6) is 0 Å². The van der Waals surface area contributed by atoms with Crippen LogP contribution in [0.2, 0.25) is 0 Å². The van der Waals surface area contributed by atoms with Crippen molar-refractivity contribution in [2.75, 3.05) is 0 Å². The van der Waals surface area contributed by atoms with Gasteiger partial charge in [-0.2, -0.15) is 0 Å². The van der Waals surface area contributed by atoms with Crippen molar-refractivity contribution >= 4 is 23.2 Å². The number of aryl methyl sites for hydroxylation is 1. The quantitative estimate of drug-likeness (QED) is 0.876. The first-order chi connectivity index (χ1) is 10.4. The summed E-state index contributed by atoms with van der Waals surface area (Å²) in [6, 6.07) is 4.08. The van der Waals surface area contributed by atoms with E-state index in [2.05, 4.69) is 10.3 Å². The number of amides is 1. The molecule has 0 radical (unpaired) electrons. The third kappa shape index (κ3) is 3.91. The van der Waals surface area contributed by atoms with Gasteiger partial charge in [-0.25, -0.2) is 9.48 Å². The van der Waals surface area contributed by atoms with Crippen LogP contribution in [0.4, 0.5) is 0 Å².